The number of hydrogen-bond donors (Lipinski definition) is 3. The van der Waals surface area contributed by atoms with Gasteiger partial charge in [-0.15, -0.1) is 0 Å². The minimum Gasteiger partial charge on any atom is -0.412 e. The van der Waals surface area contributed by atoms with Crippen LogP contribution in [0.15, 0.2) is 0 Å². The van der Waals surface area contributed by atoms with E-state index >= 15 is 0 Å². The molecule has 0 amide bonds. The summed E-state index contributed by atoms with van der Waals surface area (Å²) in [7, 11) is 0. The van der Waals surface area contributed by atoms with E-state index in [2.05, 4.69) is 0 Å². The first kappa shape index (κ1) is 33.0. The molecular formula is C13H26O8Ti. The molecule has 9 heteroatoms. The number of aliphatic hydroxyl groups excluding tert-OH is 3. The van der Waals surface area contributed by atoms with E-state index in [4.69, 9.17) is 15.3 Å². The van der Waals surface area contributed by atoms with E-state index in [1.165, 1.54) is 27.7 Å². The van der Waals surface area contributed by atoms with Gasteiger partial charge < -0.3 is 20.8 Å². The van der Waals surface area contributed by atoms with E-state index in [0.29, 0.717) is 0 Å². The molecule has 0 atom stereocenters. The van der Waals surface area contributed by atoms with E-state index < -0.39 is 35.3 Å². The molecule has 0 unspecified atom stereocenters. The largest absolute Gasteiger partial charge is 0.412 e. The van der Waals surface area contributed by atoms with Crippen molar-refractivity contribution in [2.75, 3.05) is 0 Å². The second-order valence-corrected chi connectivity index (χ2v) is 4.34. The molecule has 0 aliphatic carbocycles. The number of carbonyl (C=O) groups excluding carboxylic acids is 4. The third kappa shape index (κ3) is 27.6. The Morgan fingerprint density at radius 3 is 0.727 bits per heavy atom. The van der Waals surface area contributed by atoms with E-state index in [1.807, 2.05) is 0 Å². The van der Waals surface area contributed by atoms with Crippen molar-refractivity contribution in [2.45, 2.75) is 59.9 Å². The number of ketones is 4. The molecule has 0 rings (SSSR count). The van der Waals surface area contributed by atoms with Crippen LogP contribution in [0.2, 0.25) is 0 Å². The first-order valence-electron chi connectivity index (χ1n) is 5.90. The van der Waals surface area contributed by atoms with Crippen LogP contribution in [0.4, 0.5) is 0 Å². The maximum Gasteiger partial charge on any atom is 0.170 e. The van der Waals surface area contributed by atoms with Gasteiger partial charge >= 0.3 is 0 Å². The summed E-state index contributed by atoms with van der Waals surface area (Å²) in [5, 5.41) is 25.1. The first-order valence-corrected chi connectivity index (χ1v) is 5.90. The van der Waals surface area contributed by atoms with Crippen LogP contribution in [0, 0.1) is 0 Å². The van der Waals surface area contributed by atoms with Crippen molar-refractivity contribution < 1.29 is 61.7 Å². The molecule has 0 radical (unpaired) electrons. The summed E-state index contributed by atoms with van der Waals surface area (Å²) in [6.45, 7) is 8.14. The molecule has 0 bridgehead atoms. The quantitative estimate of drug-likeness (QED) is 0.412. The minimum absolute atomic E-state index is 0. The van der Waals surface area contributed by atoms with Crippen molar-refractivity contribution in [3.63, 3.8) is 0 Å². The number of Topliss-reactive ketones (excluding diaryl/α,β-unsaturated/α-hetero) is 4. The van der Waals surface area contributed by atoms with Crippen LogP contribution in [0.25, 0.3) is 0 Å². The minimum atomic E-state index is -1.41. The Hall–Kier alpha value is -0.766. The van der Waals surface area contributed by atoms with Gasteiger partial charge in [0.2, 0.25) is 0 Å². The average molecular weight is 358 g/mol. The van der Waals surface area contributed by atoms with E-state index in [-0.39, 0.29) is 33.3 Å². The Balaban J connectivity index is -0.0000000661. The number of carbonyl (C=O) groups is 4. The molecular weight excluding hydrogens is 332 g/mol. The van der Waals surface area contributed by atoms with Crippen LogP contribution < -0.4 is 0 Å². The van der Waals surface area contributed by atoms with Crippen molar-refractivity contribution in [2.24, 2.45) is 0 Å². The predicted octanol–water partition coefficient (Wildman–Crippen LogP) is -1.39. The molecule has 8 nitrogen and oxygen atoms in total. The van der Waals surface area contributed by atoms with Gasteiger partial charge in [-0.2, -0.15) is 0 Å². The van der Waals surface area contributed by atoms with E-state index in [1.54, 1.807) is 13.8 Å². The fraction of sp³-hybridized carbons (Fsp3) is 0.692. The summed E-state index contributed by atoms with van der Waals surface area (Å²) in [6, 6.07) is 0. The van der Waals surface area contributed by atoms with Gasteiger partial charge in [0.15, 0.2) is 35.3 Å². The number of rotatable bonds is 4. The van der Waals surface area contributed by atoms with Crippen molar-refractivity contribution in [3.8, 4) is 0 Å². The van der Waals surface area contributed by atoms with Gasteiger partial charge in [0.1, 0.15) is 0 Å². The molecule has 5 N–H and O–H groups in total. The summed E-state index contributed by atoms with van der Waals surface area (Å²) in [6.07, 6.45) is -2.98. The SMILES string of the molecule is CC(=O)C(O)C(C)=O.CC(=O)C(O)C(C)=O.CC(C)O.O.[Ti]. The van der Waals surface area contributed by atoms with Gasteiger partial charge in [-0.3, -0.25) is 19.2 Å². The fourth-order valence-corrected chi connectivity index (χ4v) is 0.572. The van der Waals surface area contributed by atoms with Gasteiger partial charge in [0.25, 0.3) is 0 Å². The topological polar surface area (TPSA) is 160 Å². The number of aliphatic hydroxyl groups is 3. The first-order chi connectivity index (χ1) is 8.84. The molecule has 0 saturated heterocycles. The Labute approximate surface area is 145 Å². The van der Waals surface area contributed by atoms with Gasteiger partial charge in [-0.05, 0) is 41.5 Å². The monoisotopic (exact) mass is 358 g/mol. The van der Waals surface area contributed by atoms with Crippen LogP contribution in [-0.2, 0) is 40.9 Å². The fourth-order valence-electron chi connectivity index (χ4n) is 0.572. The summed E-state index contributed by atoms with van der Waals surface area (Å²) in [5.41, 5.74) is 0. The molecule has 0 aliphatic heterocycles. The zero-order valence-electron chi connectivity index (χ0n) is 13.7. The standard InChI is InChI=1S/2C5H8O3.C3H8O.H2O.Ti/c2*1-3(6)5(8)4(2)7;1-3(2)4;;/h2*5,8H,1-2H3;3-4H,1-2H3;1H2;. The van der Waals surface area contributed by atoms with Crippen LogP contribution in [0.3, 0.4) is 0 Å². The van der Waals surface area contributed by atoms with Crippen LogP contribution in [0.1, 0.15) is 41.5 Å². The van der Waals surface area contributed by atoms with Crippen molar-refractivity contribution in [1.82, 2.24) is 0 Å². The van der Waals surface area contributed by atoms with Gasteiger partial charge in [0.05, 0.1) is 0 Å². The van der Waals surface area contributed by atoms with Crippen LogP contribution >= 0.6 is 0 Å². The Kier molecular flexibility index (Phi) is 27.4. The molecule has 0 spiro atoms. The van der Waals surface area contributed by atoms with Gasteiger partial charge in [-0.25, -0.2) is 0 Å². The molecule has 0 fully saturated rings. The average Bonchev–Trinajstić information content (AvgIpc) is 2.26. The maximum atomic E-state index is 10.1. The smallest absolute Gasteiger partial charge is 0.170 e. The van der Waals surface area contributed by atoms with Crippen molar-refractivity contribution in [3.05, 3.63) is 0 Å². The molecule has 0 heterocycles. The Morgan fingerprint density at radius 1 is 0.636 bits per heavy atom. The van der Waals surface area contributed by atoms with E-state index in [0.717, 1.165) is 0 Å². The normalized spacial score (nSPS) is 8.55. The summed E-state index contributed by atoms with van der Waals surface area (Å²) < 4.78 is 0. The molecule has 0 aromatic carbocycles. The van der Waals surface area contributed by atoms with Crippen LogP contribution in [0.5, 0.6) is 0 Å². The second kappa shape index (κ2) is 18.3. The third-order valence-electron chi connectivity index (χ3n) is 1.54. The zero-order chi connectivity index (χ0) is 17.0. The van der Waals surface area contributed by atoms with Crippen molar-refractivity contribution in [1.29, 1.82) is 0 Å². The molecule has 22 heavy (non-hydrogen) atoms. The molecule has 130 valence electrons. The summed E-state index contributed by atoms with van der Waals surface area (Å²) in [4.78, 5) is 40.5. The molecule has 0 aromatic heterocycles. The summed E-state index contributed by atoms with van der Waals surface area (Å²) in [5.74, 6) is -2.01. The van der Waals surface area contributed by atoms with Crippen LogP contribution in [-0.4, -0.2) is 62.2 Å². The molecule has 0 aromatic rings. The summed E-state index contributed by atoms with van der Waals surface area (Å²) >= 11 is 0. The predicted molar refractivity (Wildman–Crippen MR) is 75.7 cm³/mol. The molecule has 0 aliphatic rings. The third-order valence-corrected chi connectivity index (χ3v) is 1.54. The number of hydrogen-bond acceptors (Lipinski definition) is 7. The zero-order valence-corrected chi connectivity index (χ0v) is 15.3. The maximum absolute atomic E-state index is 10.1. The van der Waals surface area contributed by atoms with Gasteiger partial charge in [-0.1, -0.05) is 0 Å². The Morgan fingerprint density at radius 2 is 0.727 bits per heavy atom. The Bertz CT molecular complexity index is 280. The molecule has 0 saturated carbocycles. The van der Waals surface area contributed by atoms with E-state index in [9.17, 15) is 19.2 Å². The van der Waals surface area contributed by atoms with Gasteiger partial charge in [0, 0.05) is 27.8 Å². The van der Waals surface area contributed by atoms with Crippen molar-refractivity contribution >= 4 is 23.1 Å². The second-order valence-electron chi connectivity index (χ2n) is 4.34.